The lowest BCUT2D eigenvalue weighted by molar-refractivity contribution is -0.117. The van der Waals surface area contributed by atoms with Gasteiger partial charge in [-0.15, -0.1) is 11.3 Å². The molecule has 2 aromatic rings. The summed E-state index contributed by atoms with van der Waals surface area (Å²) in [6.07, 6.45) is 3.22. The molecule has 1 unspecified atom stereocenters. The molecule has 1 heterocycles. The molecule has 0 saturated carbocycles. The minimum absolute atomic E-state index is 0.0660. The van der Waals surface area contributed by atoms with Crippen LogP contribution in [0.5, 0.6) is 0 Å². The van der Waals surface area contributed by atoms with Gasteiger partial charge >= 0.3 is 0 Å². The average molecular weight is 428 g/mol. The number of anilines is 1. The zero-order valence-corrected chi connectivity index (χ0v) is 18.5. The number of hydrogen-bond acceptors (Lipinski definition) is 4. The molecule has 160 valence electrons. The summed E-state index contributed by atoms with van der Waals surface area (Å²) >= 11 is 1.54. The molecule has 0 radical (unpaired) electrons. The Hall–Kier alpha value is -2.67. The van der Waals surface area contributed by atoms with Crippen LogP contribution in [0.3, 0.4) is 0 Å². The van der Waals surface area contributed by atoms with Crippen molar-refractivity contribution in [1.82, 2.24) is 5.32 Å². The molecule has 1 aromatic heterocycles. The molecular weight excluding hydrogens is 398 g/mol. The van der Waals surface area contributed by atoms with Crippen molar-refractivity contribution in [2.24, 2.45) is 17.1 Å². The molecule has 30 heavy (non-hydrogen) atoms. The van der Waals surface area contributed by atoms with Crippen molar-refractivity contribution >= 4 is 34.7 Å². The second-order valence-corrected chi connectivity index (χ2v) is 9.97. The fraction of sp³-hybridized carbons (Fsp3) is 0.435. The quantitative estimate of drug-likeness (QED) is 0.654. The third-order valence-electron chi connectivity index (χ3n) is 5.61. The summed E-state index contributed by atoms with van der Waals surface area (Å²) in [6, 6.07) is 8.84. The van der Waals surface area contributed by atoms with E-state index in [1.165, 1.54) is 10.4 Å². The highest BCUT2D eigenvalue weighted by atomic mass is 32.1. The van der Waals surface area contributed by atoms with Gasteiger partial charge in [-0.05, 0) is 54.4 Å². The molecule has 7 heteroatoms. The molecule has 4 N–H and O–H groups in total. The number of benzene rings is 1. The Kier molecular flexibility index (Phi) is 6.61. The third kappa shape index (κ3) is 5.27. The number of hydrogen-bond donors (Lipinski definition) is 3. The molecule has 6 nitrogen and oxygen atoms in total. The molecular formula is C23H29N3O3S. The van der Waals surface area contributed by atoms with E-state index in [-0.39, 0.29) is 30.2 Å². The number of primary amides is 1. The lowest BCUT2D eigenvalue weighted by Gasteiger charge is -2.33. The van der Waals surface area contributed by atoms with Crippen LogP contribution in [0.25, 0.3) is 0 Å². The van der Waals surface area contributed by atoms with Crippen molar-refractivity contribution in [1.29, 1.82) is 0 Å². The Morgan fingerprint density at radius 1 is 1.17 bits per heavy atom. The van der Waals surface area contributed by atoms with Gasteiger partial charge in [-0.2, -0.15) is 0 Å². The van der Waals surface area contributed by atoms with Crippen molar-refractivity contribution in [2.45, 2.75) is 46.5 Å². The van der Waals surface area contributed by atoms with Gasteiger partial charge in [0.25, 0.3) is 11.8 Å². The molecule has 1 atom stereocenters. The number of rotatable bonds is 6. The highest BCUT2D eigenvalue weighted by Crippen LogP contribution is 2.40. The van der Waals surface area contributed by atoms with Crippen molar-refractivity contribution in [3.05, 3.63) is 51.2 Å². The number of carbonyl (C=O) groups is 3. The van der Waals surface area contributed by atoms with Crippen molar-refractivity contribution in [3.8, 4) is 0 Å². The monoisotopic (exact) mass is 427 g/mol. The van der Waals surface area contributed by atoms with E-state index in [0.29, 0.717) is 22.0 Å². The summed E-state index contributed by atoms with van der Waals surface area (Å²) in [4.78, 5) is 38.2. The number of para-hydroxylation sites is 1. The second-order valence-electron chi connectivity index (χ2n) is 8.84. The molecule has 1 aliphatic rings. The molecule has 1 aliphatic carbocycles. The number of nitrogens with two attached hydrogens (primary N) is 1. The molecule has 3 rings (SSSR count). The first-order chi connectivity index (χ1) is 14.1. The molecule has 3 amide bonds. The van der Waals surface area contributed by atoms with Crippen LogP contribution in [0.1, 0.15) is 64.1 Å². The van der Waals surface area contributed by atoms with Crippen molar-refractivity contribution < 1.29 is 14.4 Å². The normalized spacial score (nSPS) is 15.9. The molecule has 0 fully saturated rings. The standard InChI is InChI=1S/C23H29N3O3S/c1-23(2,3)15-8-9-18-14(12-15)13-19(30-18)22(29)26-17-7-5-4-6-16(17)21(28)25-11-10-20(24)27/h4-7,13,15H,8-12H2,1-3H3,(H2,24,27)(H,25,28)(H,26,29). The van der Waals surface area contributed by atoms with Crippen LogP contribution in [0, 0.1) is 11.3 Å². The predicted molar refractivity (Wildman–Crippen MR) is 120 cm³/mol. The Morgan fingerprint density at radius 2 is 1.90 bits per heavy atom. The van der Waals surface area contributed by atoms with Gasteiger partial charge < -0.3 is 16.4 Å². The van der Waals surface area contributed by atoms with E-state index in [1.54, 1.807) is 35.6 Å². The largest absolute Gasteiger partial charge is 0.370 e. The Bertz CT molecular complexity index is 959. The fourth-order valence-electron chi connectivity index (χ4n) is 3.74. The summed E-state index contributed by atoms with van der Waals surface area (Å²) in [7, 11) is 0. The number of nitrogens with one attached hydrogen (secondary N) is 2. The summed E-state index contributed by atoms with van der Waals surface area (Å²) in [5, 5.41) is 5.53. The first-order valence-electron chi connectivity index (χ1n) is 10.2. The van der Waals surface area contributed by atoms with Crippen LogP contribution in [-0.2, 0) is 17.6 Å². The van der Waals surface area contributed by atoms with E-state index in [0.717, 1.165) is 19.3 Å². The number of carbonyl (C=O) groups excluding carboxylic acids is 3. The first kappa shape index (κ1) is 22.0. The molecule has 0 aliphatic heterocycles. The number of aryl methyl sites for hydroxylation is 1. The van der Waals surface area contributed by atoms with E-state index < -0.39 is 5.91 Å². The van der Waals surface area contributed by atoms with Crippen LogP contribution in [0.2, 0.25) is 0 Å². The van der Waals surface area contributed by atoms with Gasteiger partial charge in [0.05, 0.1) is 16.1 Å². The van der Waals surface area contributed by atoms with Crippen LogP contribution < -0.4 is 16.4 Å². The van der Waals surface area contributed by atoms with Gasteiger partial charge in [0.1, 0.15) is 0 Å². The highest BCUT2D eigenvalue weighted by molar-refractivity contribution is 7.14. The Labute approximate surface area is 181 Å². The van der Waals surface area contributed by atoms with E-state index in [4.69, 9.17) is 5.73 Å². The first-order valence-corrected chi connectivity index (χ1v) is 11.0. The fourth-order valence-corrected chi connectivity index (χ4v) is 4.85. The minimum atomic E-state index is -0.479. The predicted octanol–water partition coefficient (Wildman–Crippen LogP) is 3.76. The van der Waals surface area contributed by atoms with Gasteiger partial charge in [0.15, 0.2) is 0 Å². The summed E-state index contributed by atoms with van der Waals surface area (Å²) in [5.41, 5.74) is 7.42. The highest BCUT2D eigenvalue weighted by Gasteiger charge is 2.30. The molecule has 1 aromatic carbocycles. The average Bonchev–Trinajstić information content (AvgIpc) is 3.11. The van der Waals surface area contributed by atoms with Crippen molar-refractivity contribution in [2.75, 3.05) is 11.9 Å². The molecule has 0 bridgehead atoms. The van der Waals surface area contributed by atoms with Gasteiger partial charge in [0.2, 0.25) is 5.91 Å². The number of amides is 3. The van der Waals surface area contributed by atoms with E-state index >= 15 is 0 Å². The van der Waals surface area contributed by atoms with Gasteiger partial charge in [0, 0.05) is 17.8 Å². The smallest absolute Gasteiger partial charge is 0.265 e. The minimum Gasteiger partial charge on any atom is -0.370 e. The summed E-state index contributed by atoms with van der Waals surface area (Å²) < 4.78 is 0. The van der Waals surface area contributed by atoms with Crippen molar-refractivity contribution in [3.63, 3.8) is 0 Å². The number of thiophene rings is 1. The summed E-state index contributed by atoms with van der Waals surface area (Å²) in [6.45, 7) is 6.97. The van der Waals surface area contributed by atoms with Gasteiger partial charge in [-0.25, -0.2) is 0 Å². The van der Waals surface area contributed by atoms with Gasteiger partial charge in [-0.1, -0.05) is 32.9 Å². The maximum atomic E-state index is 12.9. The van der Waals surface area contributed by atoms with E-state index in [2.05, 4.69) is 31.4 Å². The van der Waals surface area contributed by atoms with Crippen LogP contribution in [-0.4, -0.2) is 24.3 Å². The molecule has 0 spiro atoms. The zero-order chi connectivity index (χ0) is 21.9. The lowest BCUT2D eigenvalue weighted by Crippen LogP contribution is -2.28. The Morgan fingerprint density at radius 3 is 2.60 bits per heavy atom. The van der Waals surface area contributed by atoms with Crippen LogP contribution in [0.4, 0.5) is 5.69 Å². The lowest BCUT2D eigenvalue weighted by atomic mass is 9.72. The SMILES string of the molecule is CC(C)(C)C1CCc2sc(C(=O)Nc3ccccc3C(=O)NCCC(N)=O)cc2C1. The topological polar surface area (TPSA) is 101 Å². The third-order valence-corrected chi connectivity index (χ3v) is 6.84. The summed E-state index contributed by atoms with van der Waals surface area (Å²) in [5.74, 6) is -0.433. The molecule has 0 saturated heterocycles. The maximum Gasteiger partial charge on any atom is 0.265 e. The second kappa shape index (κ2) is 9.00. The Balaban J connectivity index is 1.71. The van der Waals surface area contributed by atoms with Crippen LogP contribution >= 0.6 is 11.3 Å². The van der Waals surface area contributed by atoms with Crippen LogP contribution in [0.15, 0.2) is 30.3 Å². The van der Waals surface area contributed by atoms with Gasteiger partial charge in [-0.3, -0.25) is 14.4 Å². The zero-order valence-electron chi connectivity index (χ0n) is 17.7. The number of fused-ring (bicyclic) bond motifs is 1. The maximum absolute atomic E-state index is 12.9. The van der Waals surface area contributed by atoms with E-state index in [1.807, 2.05) is 6.07 Å². The van der Waals surface area contributed by atoms with E-state index in [9.17, 15) is 14.4 Å².